The fourth-order valence-corrected chi connectivity index (χ4v) is 3.59. The van der Waals surface area contributed by atoms with Crippen molar-refractivity contribution in [2.75, 3.05) is 6.54 Å². The molecule has 2 aromatic rings. The SMILES string of the molecule is CC(C)N(Cc1cccc(Cl)c1)C(=O)c1cccc(CN2CCCC2=O)c1. The summed E-state index contributed by atoms with van der Waals surface area (Å²) in [4.78, 5) is 28.7. The van der Waals surface area contributed by atoms with Gasteiger partial charge in [0.25, 0.3) is 5.91 Å². The summed E-state index contributed by atoms with van der Waals surface area (Å²) in [6.07, 6.45) is 1.54. The molecule has 0 N–H and O–H groups in total. The molecule has 1 aliphatic rings. The summed E-state index contributed by atoms with van der Waals surface area (Å²) in [6.45, 7) is 5.89. The summed E-state index contributed by atoms with van der Waals surface area (Å²) in [7, 11) is 0. The maximum Gasteiger partial charge on any atom is 0.254 e. The molecular formula is C22H25ClN2O2. The first-order chi connectivity index (χ1) is 12.9. The van der Waals surface area contributed by atoms with Crippen molar-refractivity contribution in [3.05, 3.63) is 70.2 Å². The Hall–Kier alpha value is -2.33. The maximum absolute atomic E-state index is 13.1. The van der Waals surface area contributed by atoms with Gasteiger partial charge in [-0.25, -0.2) is 0 Å². The zero-order chi connectivity index (χ0) is 19.4. The number of hydrogen-bond donors (Lipinski definition) is 0. The molecule has 0 spiro atoms. The summed E-state index contributed by atoms with van der Waals surface area (Å²) in [6, 6.07) is 15.3. The molecular weight excluding hydrogens is 360 g/mol. The molecule has 1 saturated heterocycles. The van der Waals surface area contributed by atoms with E-state index < -0.39 is 0 Å². The van der Waals surface area contributed by atoms with Crippen LogP contribution in [0.3, 0.4) is 0 Å². The summed E-state index contributed by atoms with van der Waals surface area (Å²) >= 11 is 6.08. The molecule has 1 heterocycles. The van der Waals surface area contributed by atoms with Gasteiger partial charge in [0.2, 0.25) is 5.91 Å². The van der Waals surface area contributed by atoms with E-state index in [1.165, 1.54) is 0 Å². The third-order valence-corrected chi connectivity index (χ3v) is 5.08. The van der Waals surface area contributed by atoms with Gasteiger partial charge in [0.05, 0.1) is 0 Å². The van der Waals surface area contributed by atoms with Gasteiger partial charge in [-0.1, -0.05) is 35.9 Å². The number of rotatable bonds is 6. The van der Waals surface area contributed by atoms with Crippen molar-refractivity contribution in [3.63, 3.8) is 0 Å². The average molecular weight is 385 g/mol. The van der Waals surface area contributed by atoms with E-state index in [1.807, 2.05) is 72.2 Å². The molecule has 1 fully saturated rings. The fraction of sp³-hybridized carbons (Fsp3) is 0.364. The number of likely N-dealkylation sites (tertiary alicyclic amines) is 1. The molecule has 0 atom stereocenters. The Kier molecular flexibility index (Phi) is 6.17. The molecule has 0 aromatic heterocycles. The van der Waals surface area contributed by atoms with Gasteiger partial charge in [0.1, 0.15) is 0 Å². The molecule has 142 valence electrons. The monoisotopic (exact) mass is 384 g/mol. The Labute approximate surface area is 165 Å². The van der Waals surface area contributed by atoms with Gasteiger partial charge in [-0.15, -0.1) is 0 Å². The van der Waals surface area contributed by atoms with Crippen molar-refractivity contribution in [1.29, 1.82) is 0 Å². The second kappa shape index (κ2) is 8.57. The number of halogens is 1. The smallest absolute Gasteiger partial charge is 0.254 e. The molecule has 0 aliphatic carbocycles. The highest BCUT2D eigenvalue weighted by Gasteiger charge is 2.22. The van der Waals surface area contributed by atoms with Crippen molar-refractivity contribution >= 4 is 23.4 Å². The molecule has 0 bridgehead atoms. The summed E-state index contributed by atoms with van der Waals surface area (Å²) < 4.78 is 0. The number of carbonyl (C=O) groups excluding carboxylic acids is 2. The Bertz CT molecular complexity index is 835. The molecule has 0 saturated carbocycles. The normalized spacial score (nSPS) is 14.1. The predicted octanol–water partition coefficient (Wildman–Crippen LogP) is 4.51. The van der Waals surface area contributed by atoms with Crippen molar-refractivity contribution in [2.45, 2.75) is 45.8 Å². The Balaban J connectivity index is 1.77. The molecule has 0 radical (unpaired) electrons. The topological polar surface area (TPSA) is 40.6 Å². The van der Waals surface area contributed by atoms with Gasteiger partial charge in [0, 0.05) is 42.7 Å². The van der Waals surface area contributed by atoms with Crippen LogP contribution in [0, 0.1) is 0 Å². The van der Waals surface area contributed by atoms with E-state index in [9.17, 15) is 9.59 Å². The maximum atomic E-state index is 13.1. The highest BCUT2D eigenvalue weighted by molar-refractivity contribution is 6.30. The zero-order valence-electron chi connectivity index (χ0n) is 15.8. The molecule has 1 aliphatic heterocycles. The highest BCUT2D eigenvalue weighted by atomic mass is 35.5. The van der Waals surface area contributed by atoms with E-state index in [4.69, 9.17) is 11.6 Å². The summed E-state index contributed by atoms with van der Waals surface area (Å²) in [5.74, 6) is 0.177. The van der Waals surface area contributed by atoms with E-state index in [2.05, 4.69) is 0 Å². The molecule has 0 unspecified atom stereocenters. The molecule has 4 nitrogen and oxygen atoms in total. The van der Waals surface area contributed by atoms with Crippen molar-refractivity contribution < 1.29 is 9.59 Å². The van der Waals surface area contributed by atoms with Crippen LogP contribution < -0.4 is 0 Å². The third kappa shape index (κ3) is 4.89. The van der Waals surface area contributed by atoms with E-state index >= 15 is 0 Å². The summed E-state index contributed by atoms with van der Waals surface area (Å²) in [5.41, 5.74) is 2.64. The standard InChI is InChI=1S/C22H25ClN2O2/c1-16(2)25(15-18-7-4-9-20(23)13-18)22(27)19-8-3-6-17(12-19)14-24-11-5-10-21(24)26/h3-4,6-9,12-13,16H,5,10-11,14-15H2,1-2H3. The van der Waals surface area contributed by atoms with Crippen LogP contribution in [-0.4, -0.2) is 34.2 Å². The number of benzene rings is 2. The lowest BCUT2D eigenvalue weighted by Crippen LogP contribution is -2.36. The van der Waals surface area contributed by atoms with Gasteiger partial charge in [-0.2, -0.15) is 0 Å². The predicted molar refractivity (Wildman–Crippen MR) is 108 cm³/mol. The lowest BCUT2D eigenvalue weighted by Gasteiger charge is -2.27. The summed E-state index contributed by atoms with van der Waals surface area (Å²) in [5, 5.41) is 0.668. The van der Waals surface area contributed by atoms with Crippen LogP contribution in [0.15, 0.2) is 48.5 Å². The second-order valence-electron chi connectivity index (χ2n) is 7.28. The van der Waals surface area contributed by atoms with Crippen molar-refractivity contribution in [1.82, 2.24) is 9.80 Å². The van der Waals surface area contributed by atoms with Crippen molar-refractivity contribution in [2.24, 2.45) is 0 Å². The molecule has 2 aromatic carbocycles. The quantitative estimate of drug-likeness (QED) is 0.735. The van der Waals surface area contributed by atoms with Crippen LogP contribution in [0.2, 0.25) is 5.02 Å². The van der Waals surface area contributed by atoms with Crippen LogP contribution in [-0.2, 0) is 17.9 Å². The second-order valence-corrected chi connectivity index (χ2v) is 7.71. The van der Waals surface area contributed by atoms with E-state index in [0.29, 0.717) is 30.1 Å². The first kappa shape index (κ1) is 19.4. The lowest BCUT2D eigenvalue weighted by molar-refractivity contribution is -0.128. The molecule has 27 heavy (non-hydrogen) atoms. The molecule has 3 rings (SSSR count). The van der Waals surface area contributed by atoms with Crippen molar-refractivity contribution in [3.8, 4) is 0 Å². The van der Waals surface area contributed by atoms with Crippen LogP contribution in [0.4, 0.5) is 0 Å². The largest absolute Gasteiger partial charge is 0.338 e. The lowest BCUT2D eigenvalue weighted by atomic mass is 10.1. The third-order valence-electron chi connectivity index (χ3n) is 4.84. The number of amides is 2. The van der Waals surface area contributed by atoms with Gasteiger partial charge in [-0.05, 0) is 55.7 Å². The van der Waals surface area contributed by atoms with E-state index in [1.54, 1.807) is 0 Å². The molecule has 2 amide bonds. The molecule has 5 heteroatoms. The minimum atomic E-state index is -0.0143. The minimum Gasteiger partial charge on any atom is -0.338 e. The van der Waals surface area contributed by atoms with Crippen LogP contribution in [0.5, 0.6) is 0 Å². The number of hydrogen-bond acceptors (Lipinski definition) is 2. The van der Waals surface area contributed by atoms with E-state index in [0.717, 1.165) is 24.1 Å². The highest BCUT2D eigenvalue weighted by Crippen LogP contribution is 2.19. The Morgan fingerprint density at radius 2 is 1.89 bits per heavy atom. The Morgan fingerprint density at radius 1 is 1.15 bits per heavy atom. The van der Waals surface area contributed by atoms with E-state index in [-0.39, 0.29) is 17.9 Å². The van der Waals surface area contributed by atoms with Gasteiger partial charge >= 0.3 is 0 Å². The number of nitrogens with zero attached hydrogens (tertiary/aromatic N) is 2. The van der Waals surface area contributed by atoms with Gasteiger partial charge in [-0.3, -0.25) is 9.59 Å². The Morgan fingerprint density at radius 3 is 2.56 bits per heavy atom. The first-order valence-electron chi connectivity index (χ1n) is 9.36. The zero-order valence-corrected chi connectivity index (χ0v) is 16.6. The van der Waals surface area contributed by atoms with Gasteiger partial charge in [0.15, 0.2) is 0 Å². The first-order valence-corrected chi connectivity index (χ1v) is 9.74. The number of carbonyl (C=O) groups is 2. The van der Waals surface area contributed by atoms with Gasteiger partial charge < -0.3 is 9.80 Å². The van der Waals surface area contributed by atoms with Crippen LogP contribution in [0.25, 0.3) is 0 Å². The minimum absolute atomic E-state index is 0.0143. The fourth-order valence-electron chi connectivity index (χ4n) is 3.38. The average Bonchev–Trinajstić information content (AvgIpc) is 3.04. The van der Waals surface area contributed by atoms with Crippen LogP contribution >= 0.6 is 11.6 Å². The van der Waals surface area contributed by atoms with Crippen LogP contribution in [0.1, 0.15) is 48.2 Å².